The molecule has 20 heavy (non-hydrogen) atoms. The van der Waals surface area contributed by atoms with Gasteiger partial charge in [-0.25, -0.2) is 4.39 Å². The Morgan fingerprint density at radius 2 is 1.90 bits per heavy atom. The summed E-state index contributed by atoms with van der Waals surface area (Å²) >= 11 is 0. The molecule has 0 heterocycles. The monoisotopic (exact) mass is 280 g/mol. The third kappa shape index (κ3) is 5.49. The molecule has 2 nitrogen and oxygen atoms in total. The first kappa shape index (κ1) is 17.0. The van der Waals surface area contributed by atoms with Crippen LogP contribution in [0.4, 0.5) is 10.1 Å². The number of rotatable bonds is 6. The summed E-state index contributed by atoms with van der Waals surface area (Å²) < 4.78 is 14.2. The normalized spacial score (nSPS) is 12.0. The van der Waals surface area contributed by atoms with Crippen molar-refractivity contribution in [3.63, 3.8) is 0 Å². The summed E-state index contributed by atoms with van der Waals surface area (Å²) in [5.41, 5.74) is 1.88. The summed E-state index contributed by atoms with van der Waals surface area (Å²) in [5.74, 6) is 0.458. The van der Waals surface area contributed by atoms with E-state index in [1.54, 1.807) is 12.1 Å². The van der Waals surface area contributed by atoms with Crippen molar-refractivity contribution in [3.05, 3.63) is 29.6 Å². The zero-order valence-electron chi connectivity index (χ0n) is 13.8. The van der Waals surface area contributed by atoms with E-state index in [0.29, 0.717) is 12.5 Å². The number of nitrogens with zero attached hydrogens (tertiary/aromatic N) is 1. The van der Waals surface area contributed by atoms with Gasteiger partial charge in [0.25, 0.3) is 0 Å². The van der Waals surface area contributed by atoms with Gasteiger partial charge in [-0.2, -0.15) is 0 Å². The molecule has 114 valence electrons. The molecule has 0 radical (unpaired) electrons. The fraction of sp³-hybridized carbons (Fsp3) is 0.647. The molecule has 3 heteroatoms. The van der Waals surface area contributed by atoms with Crippen molar-refractivity contribution >= 4 is 5.69 Å². The Labute approximate surface area is 123 Å². The molecule has 0 aliphatic carbocycles. The highest BCUT2D eigenvalue weighted by molar-refractivity contribution is 5.54. The van der Waals surface area contributed by atoms with Crippen LogP contribution in [-0.2, 0) is 6.54 Å². The van der Waals surface area contributed by atoms with Crippen LogP contribution >= 0.6 is 0 Å². The lowest BCUT2D eigenvalue weighted by Crippen LogP contribution is -2.31. The second kappa shape index (κ2) is 7.07. The highest BCUT2D eigenvalue weighted by atomic mass is 19.1. The molecular formula is C17H29FN2. The van der Waals surface area contributed by atoms with Crippen LogP contribution in [0.3, 0.4) is 0 Å². The molecule has 0 aliphatic heterocycles. The molecule has 0 amide bonds. The molecule has 1 aromatic rings. The van der Waals surface area contributed by atoms with E-state index in [2.05, 4.69) is 39.9 Å². The van der Waals surface area contributed by atoms with Crippen LogP contribution in [-0.4, -0.2) is 20.1 Å². The van der Waals surface area contributed by atoms with Gasteiger partial charge in [0.15, 0.2) is 0 Å². The van der Waals surface area contributed by atoms with Gasteiger partial charge < -0.3 is 10.2 Å². The molecule has 1 aromatic carbocycles. The van der Waals surface area contributed by atoms with Crippen LogP contribution in [0.1, 0.15) is 40.2 Å². The van der Waals surface area contributed by atoms with Crippen LogP contribution < -0.4 is 10.2 Å². The Morgan fingerprint density at radius 1 is 1.25 bits per heavy atom. The third-order valence-electron chi connectivity index (χ3n) is 3.03. The highest BCUT2D eigenvalue weighted by Gasteiger charge is 2.18. The molecule has 0 unspecified atom stereocenters. The van der Waals surface area contributed by atoms with E-state index in [9.17, 15) is 4.39 Å². The molecule has 0 atom stereocenters. The van der Waals surface area contributed by atoms with Crippen molar-refractivity contribution in [3.8, 4) is 0 Å². The maximum absolute atomic E-state index is 14.2. The molecule has 0 bridgehead atoms. The van der Waals surface area contributed by atoms with E-state index >= 15 is 0 Å². The molecular weight excluding hydrogens is 251 g/mol. The van der Waals surface area contributed by atoms with Gasteiger partial charge in [0, 0.05) is 20.1 Å². The van der Waals surface area contributed by atoms with E-state index in [0.717, 1.165) is 24.3 Å². The van der Waals surface area contributed by atoms with Crippen molar-refractivity contribution in [2.24, 2.45) is 11.3 Å². The lowest BCUT2D eigenvalue weighted by molar-refractivity contribution is 0.416. The number of halogens is 1. The number of para-hydroxylation sites is 1. The van der Waals surface area contributed by atoms with Crippen LogP contribution in [0, 0.1) is 17.2 Å². The molecule has 0 spiro atoms. The summed E-state index contributed by atoms with van der Waals surface area (Å²) in [6.07, 6.45) is 0. The molecule has 0 aromatic heterocycles. The number of hydrogen-bond donors (Lipinski definition) is 1. The van der Waals surface area contributed by atoms with Crippen LogP contribution in [0.25, 0.3) is 0 Å². The largest absolute Gasteiger partial charge is 0.371 e. The van der Waals surface area contributed by atoms with Gasteiger partial charge in [0.05, 0.1) is 5.69 Å². The van der Waals surface area contributed by atoms with Crippen molar-refractivity contribution in [2.75, 3.05) is 25.0 Å². The Hall–Kier alpha value is -1.09. The first-order valence-corrected chi connectivity index (χ1v) is 7.40. The van der Waals surface area contributed by atoms with Gasteiger partial charge in [0.1, 0.15) is 5.82 Å². The minimum Gasteiger partial charge on any atom is -0.371 e. The molecule has 0 aliphatic rings. The van der Waals surface area contributed by atoms with Crippen LogP contribution in [0.5, 0.6) is 0 Å². The van der Waals surface area contributed by atoms with Crippen molar-refractivity contribution < 1.29 is 4.39 Å². The molecule has 1 N–H and O–H groups in total. The third-order valence-corrected chi connectivity index (χ3v) is 3.03. The van der Waals surface area contributed by atoms with Gasteiger partial charge >= 0.3 is 0 Å². The zero-order valence-corrected chi connectivity index (χ0v) is 13.8. The van der Waals surface area contributed by atoms with E-state index in [4.69, 9.17) is 0 Å². The summed E-state index contributed by atoms with van der Waals surface area (Å²) in [4.78, 5) is 2.03. The Morgan fingerprint density at radius 3 is 2.45 bits per heavy atom. The molecule has 0 saturated carbocycles. The summed E-state index contributed by atoms with van der Waals surface area (Å²) in [6, 6.07) is 5.33. The second-order valence-corrected chi connectivity index (χ2v) is 7.19. The average Bonchev–Trinajstić information content (AvgIpc) is 2.25. The second-order valence-electron chi connectivity index (χ2n) is 7.19. The number of hydrogen-bond acceptors (Lipinski definition) is 2. The van der Waals surface area contributed by atoms with Crippen LogP contribution in [0.2, 0.25) is 0 Å². The zero-order chi connectivity index (χ0) is 15.3. The molecule has 0 saturated heterocycles. The fourth-order valence-electron chi connectivity index (χ4n) is 2.42. The predicted molar refractivity (Wildman–Crippen MR) is 85.7 cm³/mol. The van der Waals surface area contributed by atoms with Gasteiger partial charge in [-0.15, -0.1) is 0 Å². The quantitative estimate of drug-likeness (QED) is 0.845. The Kier molecular flexibility index (Phi) is 6.00. The summed E-state index contributed by atoms with van der Waals surface area (Å²) in [7, 11) is 1.97. The smallest absolute Gasteiger partial charge is 0.146 e. The first-order chi connectivity index (χ1) is 9.20. The van der Waals surface area contributed by atoms with Crippen LogP contribution in [0.15, 0.2) is 18.2 Å². The Balaban J connectivity index is 2.87. The lowest BCUT2D eigenvalue weighted by atomic mass is 9.95. The summed E-state index contributed by atoms with van der Waals surface area (Å²) in [5, 5.41) is 3.39. The maximum Gasteiger partial charge on any atom is 0.146 e. The lowest BCUT2D eigenvalue weighted by Gasteiger charge is -2.30. The standard InChI is InChI=1S/C17H29FN2/c1-13(2)10-19-11-14-8-7-9-15(18)16(14)20(6)12-17(3,4)5/h7-9,13,19H,10-12H2,1-6H3. The topological polar surface area (TPSA) is 15.3 Å². The van der Waals surface area contributed by atoms with E-state index in [1.807, 2.05) is 18.0 Å². The number of nitrogens with one attached hydrogen (secondary N) is 1. The molecule has 1 rings (SSSR count). The van der Waals surface area contributed by atoms with Gasteiger partial charge in [-0.3, -0.25) is 0 Å². The minimum absolute atomic E-state index is 0.138. The molecule has 0 fully saturated rings. The predicted octanol–water partition coefficient (Wildman–Crippen LogP) is 4.05. The minimum atomic E-state index is -0.138. The van der Waals surface area contributed by atoms with Gasteiger partial charge in [-0.05, 0) is 29.5 Å². The van der Waals surface area contributed by atoms with Crippen molar-refractivity contribution in [1.82, 2.24) is 5.32 Å². The fourth-order valence-corrected chi connectivity index (χ4v) is 2.42. The van der Waals surface area contributed by atoms with E-state index in [1.165, 1.54) is 0 Å². The SMILES string of the molecule is CC(C)CNCc1cccc(F)c1N(C)CC(C)(C)C. The van der Waals surface area contributed by atoms with Gasteiger partial charge in [-0.1, -0.05) is 46.8 Å². The first-order valence-electron chi connectivity index (χ1n) is 7.40. The van der Waals surface area contributed by atoms with Gasteiger partial charge in [0.2, 0.25) is 0 Å². The summed E-state index contributed by atoms with van der Waals surface area (Å²) in [6.45, 7) is 13.3. The van der Waals surface area contributed by atoms with E-state index in [-0.39, 0.29) is 11.2 Å². The maximum atomic E-state index is 14.2. The average molecular weight is 280 g/mol. The number of anilines is 1. The van der Waals surface area contributed by atoms with Crippen molar-refractivity contribution in [1.29, 1.82) is 0 Å². The van der Waals surface area contributed by atoms with E-state index < -0.39 is 0 Å². The van der Waals surface area contributed by atoms with Crippen molar-refractivity contribution in [2.45, 2.75) is 41.2 Å². The number of benzene rings is 1. The highest BCUT2D eigenvalue weighted by Crippen LogP contribution is 2.26. The Bertz CT molecular complexity index is 421.